The molecule has 0 unspecified atom stereocenters. The quantitative estimate of drug-likeness (QED) is 0.820. The fraction of sp³-hybridized carbons (Fsp3) is 0.684. The largest absolute Gasteiger partial charge is 0.416 e. The Bertz CT molecular complexity index is 560. The Kier molecular flexibility index (Phi) is 5.71. The monoisotopic (exact) mass is 356 g/mol. The summed E-state index contributed by atoms with van der Waals surface area (Å²) in [6.45, 7) is 8.17. The third kappa shape index (κ3) is 4.74. The average Bonchev–Trinajstić information content (AvgIpc) is 2.54. The van der Waals surface area contributed by atoms with Crippen molar-refractivity contribution in [3.8, 4) is 0 Å². The van der Waals surface area contributed by atoms with E-state index >= 15 is 0 Å². The number of alkyl halides is 3. The second-order valence-corrected chi connectivity index (χ2v) is 7.37. The molecule has 0 radical (unpaired) electrons. The number of nitrogens with zero attached hydrogens (tertiary/aromatic N) is 2. The Morgan fingerprint density at radius 1 is 1.04 bits per heavy atom. The highest BCUT2D eigenvalue weighted by atomic mass is 19.4. The fourth-order valence-corrected chi connectivity index (χ4v) is 4.13. The van der Waals surface area contributed by atoms with Gasteiger partial charge in [0.05, 0.1) is 17.8 Å². The number of piperidine rings is 1. The highest BCUT2D eigenvalue weighted by Gasteiger charge is 2.34. The number of likely N-dealkylation sites (tertiary alicyclic amines) is 1. The first-order chi connectivity index (χ1) is 11.8. The van der Waals surface area contributed by atoms with E-state index in [0.717, 1.165) is 39.0 Å². The van der Waals surface area contributed by atoms with Crippen molar-refractivity contribution in [1.82, 2.24) is 9.80 Å². The van der Waals surface area contributed by atoms with Gasteiger partial charge < -0.3 is 4.74 Å². The van der Waals surface area contributed by atoms with Gasteiger partial charge in [-0.05, 0) is 51.4 Å². The first-order valence-electron chi connectivity index (χ1n) is 9.10. The molecule has 3 rings (SSSR count). The minimum atomic E-state index is -4.28. The van der Waals surface area contributed by atoms with Crippen LogP contribution in [0.15, 0.2) is 24.3 Å². The van der Waals surface area contributed by atoms with Crippen LogP contribution in [-0.4, -0.2) is 54.2 Å². The molecule has 0 aliphatic carbocycles. The van der Waals surface area contributed by atoms with Crippen LogP contribution in [0.4, 0.5) is 13.2 Å². The molecule has 2 aliphatic rings. The van der Waals surface area contributed by atoms with Crippen molar-refractivity contribution in [2.24, 2.45) is 0 Å². The van der Waals surface area contributed by atoms with Crippen LogP contribution in [0.1, 0.15) is 37.8 Å². The van der Waals surface area contributed by atoms with Crippen molar-refractivity contribution in [3.05, 3.63) is 35.4 Å². The van der Waals surface area contributed by atoms with Crippen molar-refractivity contribution >= 4 is 0 Å². The summed E-state index contributed by atoms with van der Waals surface area (Å²) in [4.78, 5) is 4.65. The fourth-order valence-electron chi connectivity index (χ4n) is 4.13. The maximum Gasteiger partial charge on any atom is 0.416 e. The zero-order valence-corrected chi connectivity index (χ0v) is 14.9. The maximum atomic E-state index is 13.1. The van der Waals surface area contributed by atoms with E-state index in [1.165, 1.54) is 12.1 Å². The van der Waals surface area contributed by atoms with Gasteiger partial charge in [0, 0.05) is 25.7 Å². The third-order valence-corrected chi connectivity index (χ3v) is 5.24. The molecule has 0 spiro atoms. The van der Waals surface area contributed by atoms with Gasteiger partial charge in [-0.25, -0.2) is 0 Å². The van der Waals surface area contributed by atoms with E-state index in [4.69, 9.17) is 4.74 Å². The van der Waals surface area contributed by atoms with Crippen LogP contribution in [-0.2, 0) is 17.5 Å². The van der Waals surface area contributed by atoms with Crippen LogP contribution < -0.4 is 0 Å². The summed E-state index contributed by atoms with van der Waals surface area (Å²) < 4.78 is 45.2. The van der Waals surface area contributed by atoms with Crippen LogP contribution >= 0.6 is 0 Å². The van der Waals surface area contributed by atoms with Crippen LogP contribution in [0.3, 0.4) is 0 Å². The maximum absolute atomic E-state index is 13.1. The molecule has 2 atom stereocenters. The predicted molar refractivity (Wildman–Crippen MR) is 91.3 cm³/mol. The van der Waals surface area contributed by atoms with E-state index in [0.29, 0.717) is 18.2 Å². The molecule has 2 saturated heterocycles. The number of hydrogen-bond acceptors (Lipinski definition) is 3. The van der Waals surface area contributed by atoms with Gasteiger partial charge in [-0.15, -0.1) is 0 Å². The van der Waals surface area contributed by atoms with Gasteiger partial charge in [0.15, 0.2) is 0 Å². The van der Waals surface area contributed by atoms with E-state index in [9.17, 15) is 13.2 Å². The lowest BCUT2D eigenvalue weighted by Gasteiger charge is -2.43. The van der Waals surface area contributed by atoms with Crippen molar-refractivity contribution in [1.29, 1.82) is 0 Å². The molecule has 6 heteroatoms. The topological polar surface area (TPSA) is 15.7 Å². The van der Waals surface area contributed by atoms with Crippen molar-refractivity contribution < 1.29 is 17.9 Å². The van der Waals surface area contributed by atoms with Crippen LogP contribution in [0.5, 0.6) is 0 Å². The number of rotatable bonds is 3. The van der Waals surface area contributed by atoms with Crippen molar-refractivity contribution in [2.75, 3.05) is 26.2 Å². The molecule has 0 N–H and O–H groups in total. The summed E-state index contributed by atoms with van der Waals surface area (Å²) in [6.07, 6.45) is -1.77. The molecule has 2 fully saturated rings. The minimum absolute atomic E-state index is 0.250. The molecule has 2 heterocycles. The van der Waals surface area contributed by atoms with E-state index in [2.05, 4.69) is 23.6 Å². The Labute approximate surface area is 147 Å². The van der Waals surface area contributed by atoms with Crippen molar-refractivity contribution in [3.63, 3.8) is 0 Å². The number of benzene rings is 1. The third-order valence-electron chi connectivity index (χ3n) is 5.24. The van der Waals surface area contributed by atoms with Gasteiger partial charge in [0.2, 0.25) is 0 Å². The van der Waals surface area contributed by atoms with Gasteiger partial charge >= 0.3 is 6.18 Å². The van der Waals surface area contributed by atoms with Crippen LogP contribution in [0.2, 0.25) is 0 Å². The molecule has 3 nitrogen and oxygen atoms in total. The zero-order chi connectivity index (χ0) is 18.0. The van der Waals surface area contributed by atoms with Gasteiger partial charge in [-0.2, -0.15) is 13.2 Å². The Hall–Kier alpha value is -1.11. The number of halogens is 3. The lowest BCUT2D eigenvalue weighted by atomic mass is 9.99. The summed E-state index contributed by atoms with van der Waals surface area (Å²) in [5.41, 5.74) is -0.130. The summed E-state index contributed by atoms with van der Waals surface area (Å²) >= 11 is 0. The molecule has 0 amide bonds. The molecule has 1 aromatic carbocycles. The molecular weight excluding hydrogens is 329 g/mol. The van der Waals surface area contributed by atoms with Gasteiger partial charge in [0.25, 0.3) is 0 Å². The first-order valence-corrected chi connectivity index (χ1v) is 9.10. The second-order valence-electron chi connectivity index (χ2n) is 7.37. The lowest BCUT2D eigenvalue weighted by molar-refractivity contribution is -0.138. The van der Waals surface area contributed by atoms with E-state index in [1.54, 1.807) is 12.1 Å². The van der Waals surface area contributed by atoms with Gasteiger partial charge in [-0.3, -0.25) is 9.80 Å². The molecule has 2 aliphatic heterocycles. The SMILES string of the molecule is C[C@@H]1CN(C2CCN(Cc3ccccc3C(F)(F)F)CC2)C[C@H](C)O1. The minimum Gasteiger partial charge on any atom is -0.373 e. The van der Waals surface area contributed by atoms with E-state index < -0.39 is 11.7 Å². The smallest absolute Gasteiger partial charge is 0.373 e. The molecule has 140 valence electrons. The average molecular weight is 356 g/mol. The van der Waals surface area contributed by atoms with E-state index in [1.807, 2.05) is 0 Å². The van der Waals surface area contributed by atoms with Crippen LogP contribution in [0, 0.1) is 0 Å². The summed E-state index contributed by atoms with van der Waals surface area (Å²) in [5, 5.41) is 0. The predicted octanol–water partition coefficient (Wildman–Crippen LogP) is 3.78. The first kappa shape index (κ1) is 18.7. The Morgan fingerprint density at radius 3 is 2.24 bits per heavy atom. The number of ether oxygens (including phenoxy) is 1. The Balaban J connectivity index is 1.57. The van der Waals surface area contributed by atoms with Gasteiger partial charge in [0.1, 0.15) is 0 Å². The number of morpholine rings is 1. The molecule has 25 heavy (non-hydrogen) atoms. The molecular formula is C19H27F3N2O. The zero-order valence-electron chi connectivity index (χ0n) is 14.9. The normalized spacial score (nSPS) is 27.6. The molecule has 0 bridgehead atoms. The lowest BCUT2D eigenvalue weighted by Crippen LogP contribution is -2.53. The molecule has 0 aromatic heterocycles. The highest BCUT2D eigenvalue weighted by Crippen LogP contribution is 2.33. The highest BCUT2D eigenvalue weighted by molar-refractivity contribution is 5.29. The summed E-state index contributed by atoms with van der Waals surface area (Å²) in [6, 6.07) is 6.44. The van der Waals surface area contributed by atoms with E-state index in [-0.39, 0.29) is 12.2 Å². The number of hydrogen-bond donors (Lipinski definition) is 0. The second kappa shape index (κ2) is 7.64. The van der Waals surface area contributed by atoms with Crippen LogP contribution in [0.25, 0.3) is 0 Å². The molecule has 0 saturated carbocycles. The van der Waals surface area contributed by atoms with Crippen molar-refractivity contribution in [2.45, 2.75) is 57.7 Å². The molecule has 1 aromatic rings. The standard InChI is InChI=1S/C19H27F3N2O/c1-14-11-24(12-15(2)25-14)17-7-9-23(10-8-17)13-16-5-3-4-6-18(16)19(20,21)22/h3-6,14-15,17H,7-13H2,1-2H3/t14-,15+. The summed E-state index contributed by atoms with van der Waals surface area (Å²) in [5.74, 6) is 0. The van der Waals surface area contributed by atoms with Gasteiger partial charge in [-0.1, -0.05) is 18.2 Å². The summed E-state index contributed by atoms with van der Waals surface area (Å²) in [7, 11) is 0. The Morgan fingerprint density at radius 2 is 1.64 bits per heavy atom.